The molecule has 0 saturated heterocycles. The third-order valence-corrected chi connectivity index (χ3v) is 2.20. The van der Waals surface area contributed by atoms with E-state index in [2.05, 4.69) is 4.98 Å². The zero-order valence-electron chi connectivity index (χ0n) is 9.32. The van der Waals surface area contributed by atoms with Gasteiger partial charge in [-0.2, -0.15) is 0 Å². The molecule has 0 unspecified atom stereocenters. The normalized spacial score (nSPS) is 10.5. The van der Waals surface area contributed by atoms with Gasteiger partial charge in [-0.3, -0.25) is 0 Å². The maximum Gasteiger partial charge on any atom is 0.361 e. The molecule has 6 heteroatoms. The summed E-state index contributed by atoms with van der Waals surface area (Å²) >= 11 is 5.67. The summed E-state index contributed by atoms with van der Waals surface area (Å²) in [5, 5.41) is 0.212. The summed E-state index contributed by atoms with van der Waals surface area (Å²) < 4.78 is 15.4. The number of hydrogen-bond acceptors (Lipinski definition) is 5. The van der Waals surface area contributed by atoms with E-state index in [1.165, 1.54) is 0 Å². The van der Waals surface area contributed by atoms with Crippen LogP contribution in [0.15, 0.2) is 21.0 Å². The van der Waals surface area contributed by atoms with Crippen LogP contribution in [0.1, 0.15) is 23.3 Å². The number of rotatable bonds is 3. The predicted octanol–water partition coefficient (Wildman–Crippen LogP) is 3.07. The minimum Gasteiger partial charge on any atom is -0.461 e. The van der Waals surface area contributed by atoms with Crippen LogP contribution < -0.4 is 0 Å². The highest BCUT2D eigenvalue weighted by Gasteiger charge is 2.23. The number of aromatic nitrogens is 1. The minimum absolute atomic E-state index is 0.0929. The molecule has 0 atom stereocenters. The van der Waals surface area contributed by atoms with Gasteiger partial charge in [0, 0.05) is 6.92 Å². The molecule has 2 rings (SSSR count). The number of esters is 1. The molecule has 90 valence electrons. The fraction of sp³-hybridized carbons (Fsp3) is 0.273. The van der Waals surface area contributed by atoms with Gasteiger partial charge >= 0.3 is 5.97 Å². The molecule has 0 aliphatic heterocycles. The molecule has 0 radical (unpaired) electrons. The monoisotopic (exact) mass is 255 g/mol. The Labute approximate surface area is 102 Å². The minimum atomic E-state index is -0.549. The smallest absolute Gasteiger partial charge is 0.361 e. The highest BCUT2D eigenvalue weighted by atomic mass is 35.5. The predicted molar refractivity (Wildman–Crippen MR) is 59.9 cm³/mol. The lowest BCUT2D eigenvalue weighted by Gasteiger charge is -1.98. The maximum atomic E-state index is 11.6. The van der Waals surface area contributed by atoms with Crippen LogP contribution in [-0.4, -0.2) is 17.6 Å². The first-order valence-electron chi connectivity index (χ1n) is 5.02. The number of furan rings is 1. The topological polar surface area (TPSA) is 65.5 Å². The quantitative estimate of drug-likeness (QED) is 0.789. The van der Waals surface area contributed by atoms with Gasteiger partial charge in [-0.15, -0.1) is 0 Å². The van der Waals surface area contributed by atoms with Crippen LogP contribution in [0.25, 0.3) is 11.5 Å². The molecular formula is C11H10ClNO4. The second-order valence-corrected chi connectivity index (χ2v) is 3.61. The van der Waals surface area contributed by atoms with Crippen molar-refractivity contribution in [3.63, 3.8) is 0 Å². The Balaban J connectivity index is 2.43. The third kappa shape index (κ3) is 2.34. The van der Waals surface area contributed by atoms with Crippen molar-refractivity contribution in [2.75, 3.05) is 6.61 Å². The van der Waals surface area contributed by atoms with Crippen molar-refractivity contribution < 1.29 is 18.4 Å². The largest absolute Gasteiger partial charge is 0.461 e. The number of carbonyl (C=O) groups is 1. The molecule has 2 aromatic rings. The molecule has 0 aliphatic rings. The van der Waals surface area contributed by atoms with Gasteiger partial charge in [-0.1, -0.05) is 0 Å². The van der Waals surface area contributed by atoms with Crippen molar-refractivity contribution in [2.24, 2.45) is 0 Å². The van der Waals surface area contributed by atoms with Crippen molar-refractivity contribution in [3.8, 4) is 11.5 Å². The highest BCUT2D eigenvalue weighted by molar-refractivity contribution is 6.29. The Hall–Kier alpha value is -1.75. The van der Waals surface area contributed by atoms with Crippen molar-refractivity contribution in [1.29, 1.82) is 0 Å². The molecule has 5 nitrogen and oxygen atoms in total. The first-order chi connectivity index (χ1) is 8.11. The summed E-state index contributed by atoms with van der Waals surface area (Å²) in [5.41, 5.74) is 0.0929. The van der Waals surface area contributed by atoms with E-state index in [1.807, 2.05) is 0 Å². The number of carbonyl (C=O) groups excluding carboxylic acids is 1. The summed E-state index contributed by atoms with van der Waals surface area (Å²) in [7, 11) is 0. The molecule has 0 saturated carbocycles. The van der Waals surface area contributed by atoms with Crippen LogP contribution in [0, 0.1) is 6.92 Å². The van der Waals surface area contributed by atoms with Crippen LogP contribution in [0.5, 0.6) is 0 Å². The van der Waals surface area contributed by atoms with Crippen LogP contribution >= 0.6 is 11.6 Å². The molecule has 0 N–H and O–H groups in total. The van der Waals surface area contributed by atoms with Gasteiger partial charge in [0.1, 0.15) is 0 Å². The lowest BCUT2D eigenvalue weighted by molar-refractivity contribution is 0.0520. The van der Waals surface area contributed by atoms with E-state index in [0.717, 1.165) is 0 Å². The number of hydrogen-bond donors (Lipinski definition) is 0. The number of nitrogens with zero attached hydrogens (tertiary/aromatic N) is 1. The number of ether oxygens (including phenoxy) is 1. The van der Waals surface area contributed by atoms with E-state index < -0.39 is 5.97 Å². The van der Waals surface area contributed by atoms with E-state index in [4.69, 9.17) is 25.2 Å². The molecule has 0 fully saturated rings. The molecule has 2 heterocycles. The summed E-state index contributed by atoms with van der Waals surface area (Å²) in [5.74, 6) is 0.383. The molecule has 17 heavy (non-hydrogen) atoms. The summed E-state index contributed by atoms with van der Waals surface area (Å²) in [6.07, 6.45) is 0. The Morgan fingerprint density at radius 3 is 2.82 bits per heavy atom. The van der Waals surface area contributed by atoms with Gasteiger partial charge in [0.25, 0.3) is 0 Å². The molecule has 0 spiro atoms. The van der Waals surface area contributed by atoms with Gasteiger partial charge in [-0.25, -0.2) is 9.78 Å². The Kier molecular flexibility index (Phi) is 3.19. The zero-order valence-corrected chi connectivity index (χ0v) is 10.1. The van der Waals surface area contributed by atoms with Crippen LogP contribution in [0.4, 0.5) is 0 Å². The number of aryl methyl sites for hydroxylation is 1. The Morgan fingerprint density at radius 1 is 1.47 bits per heavy atom. The third-order valence-electron chi connectivity index (χ3n) is 2.00. The SMILES string of the molecule is CCOC(=O)c1nc(C)oc1-c1ccc(Cl)o1. The Morgan fingerprint density at radius 2 is 2.24 bits per heavy atom. The van der Waals surface area contributed by atoms with E-state index in [0.29, 0.717) is 11.7 Å². The van der Waals surface area contributed by atoms with E-state index >= 15 is 0 Å². The number of halogens is 1. The van der Waals surface area contributed by atoms with Crippen molar-refractivity contribution in [3.05, 3.63) is 28.9 Å². The fourth-order valence-electron chi connectivity index (χ4n) is 1.37. The van der Waals surface area contributed by atoms with Crippen LogP contribution in [-0.2, 0) is 4.74 Å². The van der Waals surface area contributed by atoms with Gasteiger partial charge in [0.15, 0.2) is 22.6 Å². The van der Waals surface area contributed by atoms with E-state index in [-0.39, 0.29) is 23.3 Å². The molecular weight excluding hydrogens is 246 g/mol. The molecule has 2 aromatic heterocycles. The van der Waals surface area contributed by atoms with Gasteiger partial charge < -0.3 is 13.6 Å². The van der Waals surface area contributed by atoms with Crippen molar-refractivity contribution in [1.82, 2.24) is 4.98 Å². The van der Waals surface area contributed by atoms with Gasteiger partial charge in [-0.05, 0) is 30.7 Å². The second kappa shape index (κ2) is 4.63. The zero-order chi connectivity index (χ0) is 12.4. The molecule has 0 aromatic carbocycles. The van der Waals surface area contributed by atoms with E-state index in [9.17, 15) is 4.79 Å². The van der Waals surface area contributed by atoms with Crippen molar-refractivity contribution >= 4 is 17.6 Å². The summed E-state index contributed by atoms with van der Waals surface area (Å²) in [6.45, 7) is 3.62. The molecule has 0 bridgehead atoms. The molecule has 0 amide bonds. The lowest BCUT2D eigenvalue weighted by atomic mass is 10.3. The van der Waals surface area contributed by atoms with Crippen LogP contribution in [0.2, 0.25) is 5.22 Å². The standard InChI is InChI=1S/C11H10ClNO4/c1-3-15-11(14)9-10(16-6(2)13-9)7-4-5-8(12)17-7/h4-5H,3H2,1-2H3. The highest BCUT2D eigenvalue weighted by Crippen LogP contribution is 2.28. The average molecular weight is 256 g/mol. The Bertz CT molecular complexity index is 543. The number of oxazole rings is 1. The van der Waals surface area contributed by atoms with E-state index in [1.54, 1.807) is 26.0 Å². The fourth-order valence-corrected chi connectivity index (χ4v) is 1.51. The van der Waals surface area contributed by atoms with Crippen LogP contribution in [0.3, 0.4) is 0 Å². The van der Waals surface area contributed by atoms with Gasteiger partial charge in [0.05, 0.1) is 6.61 Å². The lowest BCUT2D eigenvalue weighted by Crippen LogP contribution is -2.06. The maximum absolute atomic E-state index is 11.6. The van der Waals surface area contributed by atoms with Gasteiger partial charge in [0.2, 0.25) is 5.76 Å². The first-order valence-corrected chi connectivity index (χ1v) is 5.40. The first kappa shape index (κ1) is 11.7. The second-order valence-electron chi connectivity index (χ2n) is 3.23. The average Bonchev–Trinajstić information content (AvgIpc) is 2.84. The summed E-state index contributed by atoms with van der Waals surface area (Å²) in [6, 6.07) is 3.16. The summed E-state index contributed by atoms with van der Waals surface area (Å²) in [4.78, 5) is 15.6. The molecule has 0 aliphatic carbocycles. The van der Waals surface area contributed by atoms with Crippen molar-refractivity contribution in [2.45, 2.75) is 13.8 Å².